The predicted octanol–water partition coefficient (Wildman–Crippen LogP) is 0.0217. The number of aliphatic hydroxyl groups is 1. The van der Waals surface area contributed by atoms with Gasteiger partial charge in [0, 0.05) is 33.1 Å². The average Bonchev–Trinajstić information content (AvgIpc) is 2.68. The molecule has 0 spiro atoms. The molecule has 0 saturated heterocycles. The molecule has 5 nitrogen and oxygen atoms in total. The lowest BCUT2D eigenvalue weighted by atomic mass is 9.99. The van der Waals surface area contributed by atoms with Crippen LogP contribution in [0.1, 0.15) is 18.1 Å². The third-order valence-corrected chi connectivity index (χ3v) is 2.92. The highest BCUT2D eigenvalue weighted by atomic mass is 16.5. The number of aromatic nitrogens is 3. The molecule has 15 heavy (non-hydrogen) atoms. The van der Waals surface area contributed by atoms with Crippen molar-refractivity contribution in [2.45, 2.75) is 25.8 Å². The molecule has 0 bridgehead atoms. The maximum absolute atomic E-state index is 9.09. The van der Waals surface area contributed by atoms with Crippen molar-refractivity contribution in [1.82, 2.24) is 14.8 Å². The molecule has 5 heteroatoms. The maximum atomic E-state index is 9.09. The SMILES string of the molecule is COCCc1nnc2n1CCC(CO)C2. The molecular weight excluding hydrogens is 194 g/mol. The highest BCUT2D eigenvalue weighted by Crippen LogP contribution is 2.19. The lowest BCUT2D eigenvalue weighted by Gasteiger charge is -2.21. The lowest BCUT2D eigenvalue weighted by molar-refractivity contribution is 0.191. The Bertz CT molecular complexity index is 311. The highest BCUT2D eigenvalue weighted by molar-refractivity contribution is 5.00. The van der Waals surface area contributed by atoms with Crippen molar-refractivity contribution in [2.24, 2.45) is 5.92 Å². The van der Waals surface area contributed by atoms with Crippen LogP contribution in [0.15, 0.2) is 0 Å². The van der Waals surface area contributed by atoms with Crippen LogP contribution in [0.2, 0.25) is 0 Å². The molecule has 1 N–H and O–H groups in total. The lowest BCUT2D eigenvalue weighted by Crippen LogP contribution is -2.23. The number of hydrogen-bond donors (Lipinski definition) is 1. The Morgan fingerprint density at radius 3 is 3.13 bits per heavy atom. The quantitative estimate of drug-likeness (QED) is 0.763. The number of rotatable bonds is 4. The molecule has 1 aromatic heterocycles. The van der Waals surface area contributed by atoms with E-state index < -0.39 is 0 Å². The van der Waals surface area contributed by atoms with Gasteiger partial charge in [-0.3, -0.25) is 0 Å². The van der Waals surface area contributed by atoms with Gasteiger partial charge in [-0.2, -0.15) is 0 Å². The zero-order chi connectivity index (χ0) is 10.7. The van der Waals surface area contributed by atoms with Crippen molar-refractivity contribution in [1.29, 1.82) is 0 Å². The van der Waals surface area contributed by atoms with E-state index in [0.717, 1.165) is 37.5 Å². The van der Waals surface area contributed by atoms with E-state index in [4.69, 9.17) is 9.84 Å². The Morgan fingerprint density at radius 2 is 2.40 bits per heavy atom. The monoisotopic (exact) mass is 211 g/mol. The number of hydrogen-bond acceptors (Lipinski definition) is 4. The first-order chi connectivity index (χ1) is 7.35. The van der Waals surface area contributed by atoms with Crippen LogP contribution >= 0.6 is 0 Å². The molecule has 0 amide bonds. The molecule has 1 aliphatic rings. The molecule has 0 fully saturated rings. The van der Waals surface area contributed by atoms with Gasteiger partial charge in [-0.05, 0) is 12.3 Å². The minimum atomic E-state index is 0.250. The summed E-state index contributed by atoms with van der Waals surface area (Å²) in [5.41, 5.74) is 0. The molecule has 84 valence electrons. The van der Waals surface area contributed by atoms with Gasteiger partial charge < -0.3 is 14.4 Å². The van der Waals surface area contributed by atoms with Crippen LogP contribution in [0.5, 0.6) is 0 Å². The number of aliphatic hydroxyl groups excluding tert-OH is 1. The summed E-state index contributed by atoms with van der Waals surface area (Å²) in [5, 5.41) is 17.4. The fourth-order valence-corrected chi connectivity index (χ4v) is 1.99. The minimum Gasteiger partial charge on any atom is -0.396 e. The van der Waals surface area contributed by atoms with Gasteiger partial charge in [0.2, 0.25) is 0 Å². The van der Waals surface area contributed by atoms with Crippen molar-refractivity contribution in [3.63, 3.8) is 0 Å². The fraction of sp³-hybridized carbons (Fsp3) is 0.800. The summed E-state index contributed by atoms with van der Waals surface area (Å²) in [6.07, 6.45) is 2.67. The van der Waals surface area contributed by atoms with E-state index in [9.17, 15) is 0 Å². The molecular formula is C10H17N3O2. The number of fused-ring (bicyclic) bond motifs is 1. The summed E-state index contributed by atoms with van der Waals surface area (Å²) in [6.45, 7) is 1.86. The van der Waals surface area contributed by atoms with Crippen molar-refractivity contribution in [3.05, 3.63) is 11.6 Å². The first-order valence-electron chi connectivity index (χ1n) is 5.36. The number of methoxy groups -OCH3 is 1. The van der Waals surface area contributed by atoms with E-state index in [1.54, 1.807) is 7.11 Å². The van der Waals surface area contributed by atoms with E-state index in [1.165, 1.54) is 0 Å². The number of nitrogens with zero attached hydrogens (tertiary/aromatic N) is 3. The molecule has 1 atom stereocenters. The molecule has 2 heterocycles. The van der Waals surface area contributed by atoms with E-state index in [1.807, 2.05) is 0 Å². The molecule has 0 saturated carbocycles. The zero-order valence-electron chi connectivity index (χ0n) is 9.02. The van der Waals surface area contributed by atoms with Gasteiger partial charge in [-0.15, -0.1) is 10.2 Å². The highest BCUT2D eigenvalue weighted by Gasteiger charge is 2.21. The summed E-state index contributed by atoms with van der Waals surface area (Å²) < 4.78 is 7.19. The Kier molecular flexibility index (Phi) is 3.33. The summed E-state index contributed by atoms with van der Waals surface area (Å²) in [4.78, 5) is 0. The van der Waals surface area contributed by atoms with Gasteiger partial charge >= 0.3 is 0 Å². The smallest absolute Gasteiger partial charge is 0.135 e. The van der Waals surface area contributed by atoms with Gasteiger partial charge in [-0.1, -0.05) is 0 Å². The van der Waals surface area contributed by atoms with Gasteiger partial charge in [0.05, 0.1) is 6.61 Å². The van der Waals surface area contributed by atoms with Crippen molar-refractivity contribution >= 4 is 0 Å². The number of ether oxygens (including phenoxy) is 1. The topological polar surface area (TPSA) is 60.2 Å². The molecule has 0 aliphatic carbocycles. The van der Waals surface area contributed by atoms with E-state index in [2.05, 4.69) is 14.8 Å². The minimum absolute atomic E-state index is 0.250. The summed E-state index contributed by atoms with van der Waals surface area (Å²) >= 11 is 0. The van der Waals surface area contributed by atoms with Crippen LogP contribution in [0.25, 0.3) is 0 Å². The van der Waals surface area contributed by atoms with Crippen LogP contribution in [-0.2, 0) is 24.1 Å². The van der Waals surface area contributed by atoms with E-state index >= 15 is 0 Å². The molecule has 0 radical (unpaired) electrons. The van der Waals surface area contributed by atoms with Gasteiger partial charge in [-0.25, -0.2) is 0 Å². The van der Waals surface area contributed by atoms with Crippen LogP contribution in [0, 0.1) is 5.92 Å². The van der Waals surface area contributed by atoms with Crippen molar-refractivity contribution in [3.8, 4) is 0 Å². The van der Waals surface area contributed by atoms with Crippen LogP contribution < -0.4 is 0 Å². The summed E-state index contributed by atoms with van der Waals surface area (Å²) in [5.74, 6) is 2.37. The van der Waals surface area contributed by atoms with Gasteiger partial charge in [0.25, 0.3) is 0 Å². The molecule has 2 rings (SSSR count). The van der Waals surface area contributed by atoms with Crippen molar-refractivity contribution < 1.29 is 9.84 Å². The second-order valence-electron chi connectivity index (χ2n) is 3.97. The van der Waals surface area contributed by atoms with Gasteiger partial charge in [0.15, 0.2) is 0 Å². The molecule has 1 unspecified atom stereocenters. The van der Waals surface area contributed by atoms with Crippen LogP contribution in [-0.4, -0.2) is 40.2 Å². The largest absolute Gasteiger partial charge is 0.396 e. The Balaban J connectivity index is 2.08. The normalized spacial score (nSPS) is 20.3. The standard InChI is InChI=1S/C10H17N3O2/c1-15-5-3-9-11-12-10-6-8(7-14)2-4-13(9)10/h8,14H,2-7H2,1H3. The van der Waals surface area contributed by atoms with Crippen LogP contribution in [0.3, 0.4) is 0 Å². The summed E-state index contributed by atoms with van der Waals surface area (Å²) in [7, 11) is 1.69. The van der Waals surface area contributed by atoms with Crippen molar-refractivity contribution in [2.75, 3.05) is 20.3 Å². The Labute approximate surface area is 89.1 Å². The molecule has 0 aromatic carbocycles. The van der Waals surface area contributed by atoms with E-state index in [0.29, 0.717) is 12.5 Å². The Hall–Kier alpha value is -0.940. The Morgan fingerprint density at radius 1 is 1.53 bits per heavy atom. The first-order valence-corrected chi connectivity index (χ1v) is 5.36. The fourth-order valence-electron chi connectivity index (χ4n) is 1.99. The van der Waals surface area contributed by atoms with E-state index in [-0.39, 0.29) is 6.61 Å². The average molecular weight is 211 g/mol. The van der Waals surface area contributed by atoms with Crippen LogP contribution in [0.4, 0.5) is 0 Å². The maximum Gasteiger partial charge on any atom is 0.135 e. The molecule has 1 aromatic rings. The first kappa shape index (κ1) is 10.6. The second-order valence-corrected chi connectivity index (χ2v) is 3.97. The molecule has 1 aliphatic heterocycles. The second kappa shape index (κ2) is 4.72. The summed E-state index contributed by atoms with van der Waals surface area (Å²) in [6, 6.07) is 0. The zero-order valence-corrected chi connectivity index (χ0v) is 9.02. The van der Waals surface area contributed by atoms with Gasteiger partial charge in [0.1, 0.15) is 11.6 Å². The predicted molar refractivity (Wildman–Crippen MR) is 54.5 cm³/mol. The third kappa shape index (κ3) is 2.18. The third-order valence-electron chi connectivity index (χ3n) is 2.92.